The Hall–Kier alpha value is -5.35. The number of phenolic OH excluding ortho intramolecular Hbond substituents is 4. The number of aliphatic hydroxyl groups excluding tert-OH is 5. The molecule has 1 aliphatic carbocycles. The molecule has 2 aromatic rings. The largest absolute Gasteiger partial charge is 0.508 e. The Morgan fingerprint density at radius 1 is 0.913 bits per heavy atom. The Bertz CT molecular complexity index is 1650. The summed E-state index contributed by atoms with van der Waals surface area (Å²) in [6.45, 7) is -0.592. The van der Waals surface area contributed by atoms with Gasteiger partial charge in [0.15, 0.2) is 40.3 Å². The van der Waals surface area contributed by atoms with Crippen LogP contribution in [-0.2, 0) is 23.7 Å². The lowest BCUT2D eigenvalue weighted by atomic mass is 9.96. The van der Waals surface area contributed by atoms with E-state index in [1.54, 1.807) is 0 Å². The van der Waals surface area contributed by atoms with Crippen LogP contribution in [0.5, 0.6) is 28.7 Å². The van der Waals surface area contributed by atoms with E-state index in [9.17, 15) is 50.8 Å². The number of methoxy groups -OCH3 is 1. The highest BCUT2D eigenvalue weighted by Gasteiger charge is 2.46. The molecule has 5 rings (SSSR count). The van der Waals surface area contributed by atoms with Crippen LogP contribution in [0.4, 0.5) is 0 Å². The SMILES string of the molecule is COc1cc(C=CC(=O)OCC2OC(OC3=C(c4cc(O)c(O)c(O)c4)OC4C=C(O)C=C(O)C4=C3)C(O)C(O)C2O)ccc1O. The van der Waals surface area contributed by atoms with Gasteiger partial charge in [-0.1, -0.05) is 6.07 Å². The molecule has 15 nitrogen and oxygen atoms in total. The van der Waals surface area contributed by atoms with Crippen LogP contribution in [0.15, 0.2) is 77.5 Å². The van der Waals surface area contributed by atoms with Gasteiger partial charge in [0.25, 0.3) is 0 Å². The molecule has 244 valence electrons. The number of aromatic hydroxyl groups is 4. The van der Waals surface area contributed by atoms with Gasteiger partial charge in [0.2, 0.25) is 6.29 Å². The Labute approximate surface area is 260 Å². The lowest BCUT2D eigenvalue weighted by Gasteiger charge is -2.40. The first-order valence-corrected chi connectivity index (χ1v) is 13.6. The highest BCUT2D eigenvalue weighted by Crippen LogP contribution is 2.42. The van der Waals surface area contributed by atoms with E-state index in [0.717, 1.165) is 24.3 Å². The summed E-state index contributed by atoms with van der Waals surface area (Å²) < 4.78 is 27.6. The number of rotatable bonds is 8. The smallest absolute Gasteiger partial charge is 0.330 e. The summed E-state index contributed by atoms with van der Waals surface area (Å²) in [5.74, 6) is -4.22. The van der Waals surface area contributed by atoms with Gasteiger partial charge in [-0.05, 0) is 42.0 Å². The van der Waals surface area contributed by atoms with Crippen LogP contribution >= 0.6 is 0 Å². The summed E-state index contributed by atoms with van der Waals surface area (Å²) in [5.41, 5.74) is 0.551. The van der Waals surface area contributed by atoms with E-state index in [2.05, 4.69) is 0 Å². The lowest BCUT2D eigenvalue weighted by molar-refractivity contribution is -0.291. The zero-order valence-corrected chi connectivity index (χ0v) is 23.9. The standard InChI is InChI=1S/C31H30O15/c1-42-22-6-13(2-4-17(22)33)3-5-25(37)43-12-24-27(39)28(40)29(41)31(46-24)45-23-11-16-18(34)9-15(32)10-21(16)44-30(23)14-7-19(35)26(38)20(36)8-14/h2-11,21,24,27-29,31-36,38-41H,12H2,1H3. The van der Waals surface area contributed by atoms with Crippen molar-refractivity contribution in [2.75, 3.05) is 13.7 Å². The van der Waals surface area contributed by atoms with E-state index < -0.39 is 72.4 Å². The van der Waals surface area contributed by atoms with Gasteiger partial charge in [0, 0.05) is 29.4 Å². The first kappa shape index (κ1) is 32.1. The van der Waals surface area contributed by atoms with Gasteiger partial charge in [-0.25, -0.2) is 4.79 Å². The molecule has 2 aromatic carbocycles. The fraction of sp³-hybridized carbons (Fsp3) is 0.258. The highest BCUT2D eigenvalue weighted by molar-refractivity contribution is 5.87. The molecule has 6 unspecified atom stereocenters. The number of hydrogen-bond acceptors (Lipinski definition) is 15. The fourth-order valence-corrected chi connectivity index (χ4v) is 4.79. The quantitative estimate of drug-likeness (QED) is 0.112. The second-order valence-electron chi connectivity index (χ2n) is 10.3. The van der Waals surface area contributed by atoms with Crippen LogP contribution in [0.2, 0.25) is 0 Å². The molecule has 2 heterocycles. The molecule has 2 aliphatic heterocycles. The molecule has 0 aromatic heterocycles. The molecule has 46 heavy (non-hydrogen) atoms. The molecule has 1 saturated heterocycles. The van der Waals surface area contributed by atoms with Crippen molar-refractivity contribution in [3.63, 3.8) is 0 Å². The molecule has 0 amide bonds. The summed E-state index contributed by atoms with van der Waals surface area (Å²) in [6, 6.07) is 6.42. The van der Waals surface area contributed by atoms with Crippen molar-refractivity contribution in [2.24, 2.45) is 0 Å². The lowest BCUT2D eigenvalue weighted by Crippen LogP contribution is -2.59. The average molecular weight is 643 g/mol. The number of phenols is 4. The molecule has 0 spiro atoms. The maximum atomic E-state index is 12.4. The van der Waals surface area contributed by atoms with Crippen LogP contribution in [0.1, 0.15) is 11.1 Å². The van der Waals surface area contributed by atoms with E-state index in [0.29, 0.717) is 5.56 Å². The summed E-state index contributed by atoms with van der Waals surface area (Å²) in [5, 5.41) is 91.9. The number of fused-ring (bicyclic) bond motifs is 1. The van der Waals surface area contributed by atoms with Gasteiger partial charge in [-0.3, -0.25) is 0 Å². The first-order chi connectivity index (χ1) is 21.9. The van der Waals surface area contributed by atoms with Gasteiger partial charge >= 0.3 is 5.97 Å². The number of allylic oxidation sites excluding steroid dienone is 2. The molecule has 3 aliphatic rings. The first-order valence-electron chi connectivity index (χ1n) is 13.6. The minimum Gasteiger partial charge on any atom is -0.508 e. The van der Waals surface area contributed by atoms with Gasteiger partial charge in [0.05, 0.1) is 7.11 Å². The average Bonchev–Trinajstić information content (AvgIpc) is 3.02. The van der Waals surface area contributed by atoms with Crippen molar-refractivity contribution >= 4 is 17.8 Å². The van der Waals surface area contributed by atoms with Crippen LogP contribution in [0.25, 0.3) is 11.8 Å². The number of esters is 1. The van der Waals surface area contributed by atoms with Crippen LogP contribution in [-0.4, -0.2) is 102 Å². The minimum atomic E-state index is -1.86. The summed E-state index contributed by atoms with van der Waals surface area (Å²) in [6.07, 6.45) is -3.67. The third kappa shape index (κ3) is 6.52. The molecule has 9 N–H and O–H groups in total. The predicted octanol–water partition coefficient (Wildman–Crippen LogP) is 1.49. The number of carbonyl (C=O) groups excluding carboxylic acids is 1. The van der Waals surface area contributed by atoms with E-state index in [-0.39, 0.29) is 39.9 Å². The molecule has 0 bridgehead atoms. The highest BCUT2D eigenvalue weighted by atomic mass is 16.7. The van der Waals surface area contributed by atoms with E-state index in [1.807, 2.05) is 0 Å². The van der Waals surface area contributed by atoms with E-state index in [1.165, 1.54) is 43.5 Å². The molecule has 0 saturated carbocycles. The Morgan fingerprint density at radius 2 is 1.63 bits per heavy atom. The number of benzene rings is 2. The number of aliphatic hydroxyl groups is 5. The number of carbonyl (C=O) groups is 1. The minimum absolute atomic E-state index is 0.0468. The molecule has 15 heteroatoms. The van der Waals surface area contributed by atoms with Crippen molar-refractivity contribution in [1.29, 1.82) is 0 Å². The van der Waals surface area contributed by atoms with Crippen LogP contribution < -0.4 is 4.74 Å². The number of hydrogen-bond donors (Lipinski definition) is 9. The monoisotopic (exact) mass is 642 g/mol. The predicted molar refractivity (Wildman–Crippen MR) is 155 cm³/mol. The molecular formula is C31H30O15. The normalized spacial score (nSPS) is 26.0. The zero-order chi connectivity index (χ0) is 33.3. The van der Waals surface area contributed by atoms with E-state index >= 15 is 0 Å². The maximum Gasteiger partial charge on any atom is 0.330 e. The second kappa shape index (κ2) is 12.9. The van der Waals surface area contributed by atoms with Gasteiger partial charge in [-0.15, -0.1) is 0 Å². The molecule has 6 atom stereocenters. The van der Waals surface area contributed by atoms with Crippen molar-refractivity contribution in [1.82, 2.24) is 0 Å². The topological polar surface area (TPSA) is 245 Å². The van der Waals surface area contributed by atoms with Crippen LogP contribution in [0.3, 0.4) is 0 Å². The summed E-state index contributed by atoms with van der Waals surface area (Å²) in [4.78, 5) is 12.4. The third-order valence-corrected chi connectivity index (χ3v) is 7.21. The summed E-state index contributed by atoms with van der Waals surface area (Å²) in [7, 11) is 1.36. The Morgan fingerprint density at radius 3 is 2.33 bits per heavy atom. The van der Waals surface area contributed by atoms with Crippen molar-refractivity contribution in [3.05, 3.63) is 88.6 Å². The number of ether oxygens (including phenoxy) is 5. The third-order valence-electron chi connectivity index (χ3n) is 7.21. The maximum absolute atomic E-state index is 12.4. The molecule has 0 radical (unpaired) electrons. The fourth-order valence-electron chi connectivity index (χ4n) is 4.79. The van der Waals surface area contributed by atoms with Gasteiger partial charge < -0.3 is 69.6 Å². The van der Waals surface area contributed by atoms with E-state index in [4.69, 9.17) is 23.7 Å². The second-order valence-corrected chi connectivity index (χ2v) is 10.3. The van der Waals surface area contributed by atoms with Crippen LogP contribution in [0, 0.1) is 0 Å². The molecule has 1 fully saturated rings. The van der Waals surface area contributed by atoms with Crippen molar-refractivity contribution in [2.45, 2.75) is 36.8 Å². The zero-order valence-electron chi connectivity index (χ0n) is 23.9. The van der Waals surface area contributed by atoms with Crippen molar-refractivity contribution in [3.8, 4) is 28.7 Å². The van der Waals surface area contributed by atoms with Gasteiger partial charge in [0.1, 0.15) is 48.6 Å². The Kier molecular flexibility index (Phi) is 9.02. The van der Waals surface area contributed by atoms with Crippen molar-refractivity contribution < 1.29 is 74.4 Å². The Balaban J connectivity index is 1.37. The van der Waals surface area contributed by atoms with Gasteiger partial charge in [-0.2, -0.15) is 0 Å². The summed E-state index contributed by atoms with van der Waals surface area (Å²) >= 11 is 0. The molecular weight excluding hydrogens is 612 g/mol.